The maximum atomic E-state index is 12.9. The van der Waals surface area contributed by atoms with Crippen LogP contribution in [0.2, 0.25) is 0 Å². The summed E-state index contributed by atoms with van der Waals surface area (Å²) in [6.07, 6.45) is -0.720. The third-order valence-electron chi connectivity index (χ3n) is 12.5. The van der Waals surface area contributed by atoms with Gasteiger partial charge >= 0.3 is 12.1 Å². The van der Waals surface area contributed by atoms with Crippen molar-refractivity contribution in [2.24, 2.45) is 0 Å². The topological polar surface area (TPSA) is 103 Å². The van der Waals surface area contributed by atoms with Crippen LogP contribution in [-0.4, -0.2) is 36.7 Å². The van der Waals surface area contributed by atoms with E-state index >= 15 is 0 Å². The molecule has 8 aromatic rings. The van der Waals surface area contributed by atoms with E-state index in [9.17, 15) is 14.4 Å². The first kappa shape index (κ1) is 45.4. The highest BCUT2D eigenvalue weighted by atomic mass is 31.2. The van der Waals surface area contributed by atoms with Crippen molar-refractivity contribution in [1.29, 1.82) is 0 Å². The van der Waals surface area contributed by atoms with Crippen LogP contribution in [0.1, 0.15) is 42.0 Å². The monoisotopic (exact) mass is 915 g/mol. The first-order valence-corrected chi connectivity index (χ1v) is 24.6. The van der Waals surface area contributed by atoms with Crippen molar-refractivity contribution in [1.82, 2.24) is 10.6 Å². The molecule has 0 saturated carbocycles. The lowest BCUT2D eigenvalue weighted by molar-refractivity contribution is -0.148. The molecule has 9 rings (SSSR count). The number of esters is 1. The van der Waals surface area contributed by atoms with Crippen LogP contribution in [0.5, 0.6) is 5.75 Å². The minimum absolute atomic E-state index is 0.0167. The summed E-state index contributed by atoms with van der Waals surface area (Å²) >= 11 is 0. The van der Waals surface area contributed by atoms with Crippen molar-refractivity contribution in [3.63, 3.8) is 0 Å². The molecule has 68 heavy (non-hydrogen) atoms. The van der Waals surface area contributed by atoms with Crippen molar-refractivity contribution in [2.75, 3.05) is 6.61 Å². The highest BCUT2D eigenvalue weighted by Crippen LogP contribution is 2.54. The molecule has 0 saturated heterocycles. The van der Waals surface area contributed by atoms with Gasteiger partial charge in [-0.3, -0.25) is 4.79 Å². The molecule has 0 heterocycles. The Balaban J connectivity index is 0.740. The van der Waals surface area contributed by atoms with Crippen LogP contribution in [0.4, 0.5) is 4.79 Å². The molecule has 1 aliphatic rings. The number of alkyl carbamates (subject to hydrolysis) is 1. The van der Waals surface area contributed by atoms with Crippen molar-refractivity contribution >= 4 is 46.5 Å². The standard InChI is InChI=1S/C59H51N2O6P/c1-41(61-59(64)67-40-56-54-24-14-12-22-52(54)53-23-13-15-25-55(53)56)57(62)60-42(2)58(63)66-39-44-28-34-47(35-29-44)65-38-43-26-30-45(31-27-43)46-32-36-51(37-33-46)68(48-16-6-3-7-17-48,49-18-8-4-9-19-49)50-20-10-5-11-21-50/h3-37,41-42,56H,38-40H2,1-2H3,(H-,60,61,62,64)/p+1. The molecule has 2 unspecified atom stereocenters. The molecule has 338 valence electrons. The Morgan fingerprint density at radius 3 is 1.44 bits per heavy atom. The normalized spacial score (nSPS) is 12.7. The molecule has 0 bridgehead atoms. The first-order chi connectivity index (χ1) is 33.3. The van der Waals surface area contributed by atoms with E-state index in [0.717, 1.165) is 44.5 Å². The summed E-state index contributed by atoms with van der Waals surface area (Å²) in [4.78, 5) is 38.5. The molecular weight excluding hydrogens is 864 g/mol. The quantitative estimate of drug-likeness (QED) is 0.0740. The fourth-order valence-corrected chi connectivity index (χ4v) is 13.2. The smallest absolute Gasteiger partial charge is 0.407 e. The highest BCUT2D eigenvalue weighted by Gasteiger charge is 2.47. The third kappa shape index (κ3) is 9.83. The molecule has 8 aromatic carbocycles. The van der Waals surface area contributed by atoms with E-state index in [1.165, 1.54) is 35.1 Å². The average molecular weight is 916 g/mol. The van der Waals surface area contributed by atoms with Crippen LogP contribution in [0, 0.1) is 0 Å². The summed E-state index contributed by atoms with van der Waals surface area (Å²) in [6, 6.07) is 71.8. The summed E-state index contributed by atoms with van der Waals surface area (Å²) < 4.78 is 17.2. The van der Waals surface area contributed by atoms with E-state index in [1.54, 1.807) is 0 Å². The zero-order valence-corrected chi connectivity index (χ0v) is 38.9. The number of ether oxygens (including phenoxy) is 3. The average Bonchev–Trinajstić information content (AvgIpc) is 3.71. The van der Waals surface area contributed by atoms with E-state index < -0.39 is 37.3 Å². The second-order valence-corrected chi connectivity index (χ2v) is 20.3. The Bertz CT molecular complexity index is 2840. The highest BCUT2D eigenvalue weighted by molar-refractivity contribution is 8.01. The van der Waals surface area contributed by atoms with E-state index in [4.69, 9.17) is 14.2 Å². The Kier molecular flexibility index (Phi) is 13.9. The number of amides is 2. The summed E-state index contributed by atoms with van der Waals surface area (Å²) in [5.41, 5.74) is 8.49. The van der Waals surface area contributed by atoms with Crippen LogP contribution in [0.15, 0.2) is 212 Å². The minimum Gasteiger partial charge on any atom is -0.489 e. The molecular formula is C59H52N2O6P+. The van der Waals surface area contributed by atoms with Gasteiger partial charge < -0.3 is 24.8 Å². The van der Waals surface area contributed by atoms with Gasteiger partial charge in [-0.05, 0) is 119 Å². The lowest BCUT2D eigenvalue weighted by atomic mass is 9.98. The molecule has 0 aliphatic heterocycles. The number of nitrogens with one attached hydrogen (secondary N) is 2. The number of rotatable bonds is 16. The van der Waals surface area contributed by atoms with Crippen LogP contribution >= 0.6 is 7.26 Å². The number of hydrogen-bond donors (Lipinski definition) is 2. The van der Waals surface area contributed by atoms with Gasteiger partial charge in [-0.1, -0.05) is 152 Å². The SMILES string of the molecule is CC(NC(=O)OCC1c2ccccc2-c2ccccc21)C(=O)NC(C)C(=O)OCc1ccc(OCc2ccc(-c3ccc([P+](c4ccccc4)(c4ccccc4)c4ccccc4)cc3)cc2)cc1. The van der Waals surface area contributed by atoms with Gasteiger partial charge in [0.2, 0.25) is 5.91 Å². The molecule has 9 heteroatoms. The van der Waals surface area contributed by atoms with Gasteiger partial charge in [0.25, 0.3) is 0 Å². The van der Waals surface area contributed by atoms with Crippen molar-refractivity contribution in [3.05, 3.63) is 235 Å². The van der Waals surface area contributed by atoms with Gasteiger partial charge in [-0.25, -0.2) is 9.59 Å². The summed E-state index contributed by atoms with van der Waals surface area (Å²) in [7, 11) is -2.17. The Morgan fingerprint density at radius 2 is 0.912 bits per heavy atom. The molecule has 0 aromatic heterocycles. The number of fused-ring (bicyclic) bond motifs is 3. The Hall–Kier alpha value is -7.80. The Morgan fingerprint density at radius 1 is 0.471 bits per heavy atom. The number of carbonyl (C=O) groups excluding carboxylic acids is 3. The molecule has 1 aliphatic carbocycles. The van der Waals surface area contributed by atoms with Crippen molar-refractivity contribution in [3.8, 4) is 28.0 Å². The second kappa shape index (κ2) is 20.8. The van der Waals surface area contributed by atoms with Gasteiger partial charge in [0.05, 0.1) is 0 Å². The molecule has 8 nitrogen and oxygen atoms in total. The van der Waals surface area contributed by atoms with E-state index in [0.29, 0.717) is 12.4 Å². The summed E-state index contributed by atoms with van der Waals surface area (Å²) in [5, 5.41) is 10.4. The lowest BCUT2D eigenvalue weighted by Crippen LogP contribution is -2.49. The number of benzene rings is 8. The molecule has 2 N–H and O–H groups in total. The number of carbonyl (C=O) groups is 3. The molecule has 0 fully saturated rings. The maximum Gasteiger partial charge on any atom is 0.407 e. The van der Waals surface area contributed by atoms with Crippen LogP contribution in [0.3, 0.4) is 0 Å². The maximum absolute atomic E-state index is 12.9. The Labute approximate surface area is 398 Å². The van der Waals surface area contributed by atoms with Crippen molar-refractivity contribution < 1.29 is 28.6 Å². The molecule has 0 spiro atoms. The van der Waals surface area contributed by atoms with Gasteiger partial charge in [0.15, 0.2) is 0 Å². The first-order valence-electron chi connectivity index (χ1n) is 22.8. The van der Waals surface area contributed by atoms with E-state index in [2.05, 4.69) is 162 Å². The molecule has 2 atom stereocenters. The van der Waals surface area contributed by atoms with E-state index in [1.807, 2.05) is 60.7 Å². The van der Waals surface area contributed by atoms with E-state index in [-0.39, 0.29) is 19.1 Å². The zero-order chi connectivity index (χ0) is 46.9. The largest absolute Gasteiger partial charge is 0.489 e. The predicted molar refractivity (Wildman–Crippen MR) is 273 cm³/mol. The van der Waals surface area contributed by atoms with Gasteiger partial charge in [0.1, 0.15) is 66.1 Å². The van der Waals surface area contributed by atoms with Gasteiger partial charge in [-0.2, -0.15) is 0 Å². The molecule has 2 amide bonds. The summed E-state index contributed by atoms with van der Waals surface area (Å²) in [6.45, 7) is 3.60. The fraction of sp³-hybridized carbons (Fsp3) is 0.136. The molecule has 0 radical (unpaired) electrons. The zero-order valence-electron chi connectivity index (χ0n) is 38.0. The van der Waals surface area contributed by atoms with Crippen LogP contribution in [0.25, 0.3) is 22.3 Å². The minimum atomic E-state index is -2.17. The third-order valence-corrected chi connectivity index (χ3v) is 16.8. The fourth-order valence-electron chi connectivity index (χ4n) is 8.93. The van der Waals surface area contributed by atoms with Crippen LogP contribution < -0.4 is 36.6 Å². The summed E-state index contributed by atoms with van der Waals surface area (Å²) in [5.74, 6) is -0.567. The van der Waals surface area contributed by atoms with Gasteiger partial charge in [0, 0.05) is 5.92 Å². The van der Waals surface area contributed by atoms with Crippen molar-refractivity contribution in [2.45, 2.75) is 45.1 Å². The lowest BCUT2D eigenvalue weighted by Gasteiger charge is -2.27. The van der Waals surface area contributed by atoms with Crippen LogP contribution in [-0.2, 0) is 32.3 Å². The van der Waals surface area contributed by atoms with Gasteiger partial charge in [-0.15, -0.1) is 0 Å². The number of hydrogen-bond acceptors (Lipinski definition) is 6. The second-order valence-electron chi connectivity index (χ2n) is 16.9. The predicted octanol–water partition coefficient (Wildman–Crippen LogP) is 10.0.